The minimum atomic E-state index is -1.01. The third kappa shape index (κ3) is 3.35. The molecule has 0 bridgehead atoms. The van der Waals surface area contributed by atoms with Crippen LogP contribution >= 0.6 is 15.9 Å². The van der Waals surface area contributed by atoms with E-state index < -0.39 is 5.97 Å². The molecule has 0 amide bonds. The summed E-state index contributed by atoms with van der Waals surface area (Å²) in [5, 5.41) is 9.18. The van der Waals surface area contributed by atoms with Gasteiger partial charge in [-0.1, -0.05) is 22.0 Å². The largest absolute Gasteiger partial charge is 0.478 e. The van der Waals surface area contributed by atoms with Crippen molar-refractivity contribution in [2.45, 2.75) is 13.8 Å². The summed E-state index contributed by atoms with van der Waals surface area (Å²) in [6.07, 6.45) is 0. The van der Waals surface area contributed by atoms with Gasteiger partial charge in [0, 0.05) is 4.47 Å². The van der Waals surface area contributed by atoms with E-state index >= 15 is 0 Å². The van der Waals surface area contributed by atoms with Crippen LogP contribution in [0.5, 0.6) is 11.5 Å². The molecule has 2 aromatic carbocycles. The van der Waals surface area contributed by atoms with Crippen LogP contribution in [0.4, 0.5) is 0 Å². The van der Waals surface area contributed by atoms with E-state index in [4.69, 9.17) is 4.74 Å². The molecular weight excluding hydrogens is 308 g/mol. The lowest BCUT2D eigenvalue weighted by atomic mass is 10.1. The van der Waals surface area contributed by atoms with Gasteiger partial charge in [-0.2, -0.15) is 0 Å². The molecule has 0 aliphatic rings. The number of ether oxygens (including phenoxy) is 1. The third-order valence-corrected chi connectivity index (χ3v) is 3.09. The second-order valence-corrected chi connectivity index (χ2v) is 5.29. The summed E-state index contributed by atoms with van der Waals surface area (Å²) in [5.41, 5.74) is 2.28. The molecule has 4 heteroatoms. The molecule has 98 valence electrons. The van der Waals surface area contributed by atoms with Crippen molar-refractivity contribution in [2.75, 3.05) is 0 Å². The molecule has 0 saturated heterocycles. The summed E-state index contributed by atoms with van der Waals surface area (Å²) in [6.45, 7) is 3.94. The molecule has 0 heterocycles. The number of benzene rings is 2. The lowest BCUT2D eigenvalue weighted by molar-refractivity contribution is 0.0694. The first-order valence-corrected chi connectivity index (χ1v) is 6.54. The zero-order valence-electron chi connectivity index (χ0n) is 10.6. The van der Waals surface area contributed by atoms with Gasteiger partial charge in [0.1, 0.15) is 17.1 Å². The van der Waals surface area contributed by atoms with Crippen LogP contribution in [0.15, 0.2) is 40.9 Å². The van der Waals surface area contributed by atoms with Crippen LogP contribution < -0.4 is 4.74 Å². The lowest BCUT2D eigenvalue weighted by Gasteiger charge is -2.10. The van der Waals surface area contributed by atoms with Crippen molar-refractivity contribution in [3.05, 3.63) is 57.6 Å². The Morgan fingerprint density at radius 3 is 2.32 bits per heavy atom. The fourth-order valence-electron chi connectivity index (χ4n) is 1.88. The molecule has 0 unspecified atom stereocenters. The number of aromatic carboxylic acids is 1. The number of carbonyl (C=O) groups is 1. The number of halogens is 1. The highest BCUT2D eigenvalue weighted by atomic mass is 79.9. The average molecular weight is 321 g/mol. The first kappa shape index (κ1) is 13.6. The highest BCUT2D eigenvalue weighted by Gasteiger charge is 2.12. The number of hydrogen-bond acceptors (Lipinski definition) is 2. The van der Waals surface area contributed by atoms with Crippen molar-refractivity contribution in [1.82, 2.24) is 0 Å². The Balaban J connectivity index is 2.40. The van der Waals surface area contributed by atoms with Crippen LogP contribution in [0.1, 0.15) is 21.5 Å². The van der Waals surface area contributed by atoms with Crippen molar-refractivity contribution in [3.63, 3.8) is 0 Å². The molecule has 1 N–H and O–H groups in total. The topological polar surface area (TPSA) is 46.5 Å². The normalized spacial score (nSPS) is 10.3. The smallest absolute Gasteiger partial charge is 0.339 e. The minimum absolute atomic E-state index is 0.133. The van der Waals surface area contributed by atoms with Crippen molar-refractivity contribution in [1.29, 1.82) is 0 Å². The minimum Gasteiger partial charge on any atom is -0.478 e. The van der Waals surface area contributed by atoms with Gasteiger partial charge in [-0.3, -0.25) is 0 Å². The van der Waals surface area contributed by atoms with Crippen LogP contribution in [0, 0.1) is 13.8 Å². The molecule has 0 aliphatic carbocycles. The predicted molar refractivity (Wildman–Crippen MR) is 77.1 cm³/mol. The second kappa shape index (κ2) is 5.45. The van der Waals surface area contributed by atoms with E-state index in [0.29, 0.717) is 16.0 Å². The molecule has 3 nitrogen and oxygen atoms in total. The predicted octanol–water partition coefficient (Wildman–Crippen LogP) is 4.56. The maximum Gasteiger partial charge on any atom is 0.339 e. The van der Waals surface area contributed by atoms with Crippen molar-refractivity contribution >= 4 is 21.9 Å². The number of carboxylic acids is 1. The van der Waals surface area contributed by atoms with E-state index in [-0.39, 0.29) is 5.56 Å². The van der Waals surface area contributed by atoms with Gasteiger partial charge < -0.3 is 9.84 Å². The summed E-state index contributed by atoms with van der Waals surface area (Å²) in [4.78, 5) is 11.2. The number of carboxylic acid groups (broad SMARTS) is 1. The summed E-state index contributed by atoms with van der Waals surface area (Å²) in [6, 6.07) is 10.7. The van der Waals surface area contributed by atoms with E-state index in [1.54, 1.807) is 12.1 Å². The van der Waals surface area contributed by atoms with Crippen LogP contribution in [0.25, 0.3) is 0 Å². The Hall–Kier alpha value is -1.81. The van der Waals surface area contributed by atoms with Crippen LogP contribution in [0.3, 0.4) is 0 Å². The van der Waals surface area contributed by atoms with Gasteiger partial charge >= 0.3 is 5.97 Å². The summed E-state index contributed by atoms with van der Waals surface area (Å²) in [7, 11) is 0. The van der Waals surface area contributed by atoms with Crippen LogP contribution in [0.2, 0.25) is 0 Å². The molecule has 2 aromatic rings. The molecule has 0 spiro atoms. The highest BCUT2D eigenvalue weighted by molar-refractivity contribution is 9.10. The summed E-state index contributed by atoms with van der Waals surface area (Å²) in [5.74, 6) is -0.0382. The first-order chi connectivity index (χ1) is 8.95. The Morgan fingerprint density at radius 1 is 1.11 bits per heavy atom. The molecule has 0 aromatic heterocycles. The van der Waals surface area contributed by atoms with Crippen molar-refractivity contribution in [2.24, 2.45) is 0 Å². The highest BCUT2D eigenvalue weighted by Crippen LogP contribution is 2.29. The van der Waals surface area contributed by atoms with E-state index in [1.165, 1.54) is 6.07 Å². The number of hydrogen-bond donors (Lipinski definition) is 1. The van der Waals surface area contributed by atoms with Gasteiger partial charge in [0.25, 0.3) is 0 Å². The lowest BCUT2D eigenvalue weighted by Crippen LogP contribution is -2.00. The van der Waals surface area contributed by atoms with Gasteiger partial charge in [-0.15, -0.1) is 0 Å². The Kier molecular flexibility index (Phi) is 3.90. The molecule has 2 rings (SSSR count). The van der Waals surface area contributed by atoms with Crippen molar-refractivity contribution < 1.29 is 14.6 Å². The van der Waals surface area contributed by atoms with Gasteiger partial charge in [-0.05, 0) is 55.3 Å². The van der Waals surface area contributed by atoms with E-state index in [1.807, 2.05) is 32.0 Å². The molecule has 0 saturated carbocycles. The molecule has 0 radical (unpaired) electrons. The average Bonchev–Trinajstić information content (AvgIpc) is 2.30. The zero-order chi connectivity index (χ0) is 14.0. The summed E-state index contributed by atoms with van der Waals surface area (Å²) >= 11 is 3.25. The maximum atomic E-state index is 11.2. The van der Waals surface area contributed by atoms with Crippen molar-refractivity contribution in [3.8, 4) is 11.5 Å². The monoisotopic (exact) mass is 320 g/mol. The number of aryl methyl sites for hydroxylation is 2. The summed E-state index contributed by atoms with van der Waals surface area (Å²) < 4.78 is 6.39. The van der Waals surface area contributed by atoms with E-state index in [9.17, 15) is 9.90 Å². The SMILES string of the molecule is Cc1cc(C)cc(Oc2ccc(Br)cc2C(=O)O)c1. The Bertz CT molecular complexity index is 615. The zero-order valence-corrected chi connectivity index (χ0v) is 12.2. The standard InChI is InChI=1S/C15H13BrO3/c1-9-5-10(2)7-12(6-9)19-14-4-3-11(16)8-13(14)15(17)18/h3-8H,1-2H3,(H,17,18). The van der Waals surface area contributed by atoms with Gasteiger partial charge in [-0.25, -0.2) is 4.79 Å². The molecular formula is C15H13BrO3. The van der Waals surface area contributed by atoms with Crippen LogP contribution in [-0.4, -0.2) is 11.1 Å². The molecule has 19 heavy (non-hydrogen) atoms. The second-order valence-electron chi connectivity index (χ2n) is 4.37. The molecule has 0 aliphatic heterocycles. The fraction of sp³-hybridized carbons (Fsp3) is 0.133. The third-order valence-electron chi connectivity index (χ3n) is 2.60. The van der Waals surface area contributed by atoms with E-state index in [2.05, 4.69) is 15.9 Å². The molecule has 0 atom stereocenters. The van der Waals surface area contributed by atoms with Gasteiger partial charge in [0.05, 0.1) is 0 Å². The maximum absolute atomic E-state index is 11.2. The Labute approximate surface area is 120 Å². The van der Waals surface area contributed by atoms with Gasteiger partial charge in [0.15, 0.2) is 0 Å². The fourth-order valence-corrected chi connectivity index (χ4v) is 2.24. The first-order valence-electron chi connectivity index (χ1n) is 5.75. The Morgan fingerprint density at radius 2 is 1.74 bits per heavy atom. The van der Waals surface area contributed by atoms with Gasteiger partial charge in [0.2, 0.25) is 0 Å². The molecule has 0 fully saturated rings. The number of rotatable bonds is 3. The van der Waals surface area contributed by atoms with Crippen LogP contribution in [-0.2, 0) is 0 Å². The quantitative estimate of drug-likeness (QED) is 0.902. The van der Waals surface area contributed by atoms with E-state index in [0.717, 1.165) is 11.1 Å².